The van der Waals surface area contributed by atoms with E-state index in [0.29, 0.717) is 6.61 Å². The first-order valence-electron chi connectivity index (χ1n) is 7.24. The minimum Gasteiger partial charge on any atom is -0.442 e. The molecule has 0 aliphatic heterocycles. The topological polar surface area (TPSA) is 53.4 Å². The summed E-state index contributed by atoms with van der Waals surface area (Å²) in [4.78, 5) is 11.9. The molecule has 21 heavy (non-hydrogen) atoms. The molecule has 0 saturated carbocycles. The molecule has 120 valence electrons. The molecule has 1 aromatic rings. The Labute approximate surface area is 128 Å². The second-order valence-electron chi connectivity index (χ2n) is 7.78. The Balaban J connectivity index is 2.67. The zero-order valence-corrected chi connectivity index (χ0v) is 15.5. The normalized spacial score (nSPS) is 13.3. The van der Waals surface area contributed by atoms with E-state index in [4.69, 9.17) is 9.16 Å². The van der Waals surface area contributed by atoms with Crippen LogP contribution in [0.5, 0.6) is 0 Å². The molecule has 0 N–H and O–H groups in total. The summed E-state index contributed by atoms with van der Waals surface area (Å²) in [7, 11) is -1.81. The van der Waals surface area contributed by atoms with Gasteiger partial charge in [0.1, 0.15) is 5.60 Å². The summed E-state index contributed by atoms with van der Waals surface area (Å²) in [5.41, 5.74) is 0.214. The molecule has 0 atom stereocenters. The molecule has 5 nitrogen and oxygen atoms in total. The van der Waals surface area contributed by atoms with Crippen molar-refractivity contribution in [1.82, 2.24) is 9.78 Å². The Morgan fingerprint density at radius 1 is 1.24 bits per heavy atom. The van der Waals surface area contributed by atoms with E-state index in [0.717, 1.165) is 5.69 Å². The molecule has 1 rings (SSSR count). The number of nitrogens with zero attached hydrogens (tertiary/aromatic N) is 2. The standard InChI is InChI=1S/C15H28N2O3Si/c1-14(2,3)20-13(18)17-10-9-12(16-17)11-19-21(7,8)15(4,5)6/h9-10H,11H2,1-8H3. The molecule has 1 aromatic heterocycles. The average Bonchev–Trinajstić information content (AvgIpc) is 2.71. The lowest BCUT2D eigenvalue weighted by molar-refractivity contribution is 0.0513. The fraction of sp³-hybridized carbons (Fsp3) is 0.733. The van der Waals surface area contributed by atoms with Gasteiger partial charge in [0.15, 0.2) is 8.32 Å². The zero-order chi connectivity index (χ0) is 16.5. The lowest BCUT2D eigenvalue weighted by Gasteiger charge is -2.35. The molecule has 0 saturated heterocycles. The number of rotatable bonds is 3. The largest absolute Gasteiger partial charge is 0.442 e. The van der Waals surface area contributed by atoms with E-state index in [2.05, 4.69) is 39.0 Å². The second-order valence-corrected chi connectivity index (χ2v) is 12.6. The molecule has 0 fully saturated rings. The summed E-state index contributed by atoms with van der Waals surface area (Å²) in [5.74, 6) is 0. The maximum absolute atomic E-state index is 11.9. The van der Waals surface area contributed by atoms with E-state index in [1.54, 1.807) is 12.3 Å². The van der Waals surface area contributed by atoms with Crippen molar-refractivity contribution in [1.29, 1.82) is 0 Å². The highest BCUT2D eigenvalue weighted by Crippen LogP contribution is 2.36. The molecule has 1 heterocycles. The van der Waals surface area contributed by atoms with Crippen LogP contribution in [0.25, 0.3) is 0 Å². The molecular weight excluding hydrogens is 284 g/mol. The van der Waals surface area contributed by atoms with Gasteiger partial charge in [-0.1, -0.05) is 20.8 Å². The molecule has 0 aromatic carbocycles. The molecule has 0 aliphatic rings. The number of carbonyl (C=O) groups is 1. The van der Waals surface area contributed by atoms with E-state index in [9.17, 15) is 4.79 Å². The number of aromatic nitrogens is 2. The van der Waals surface area contributed by atoms with Crippen molar-refractivity contribution in [2.24, 2.45) is 0 Å². The van der Waals surface area contributed by atoms with E-state index in [1.165, 1.54) is 4.68 Å². The summed E-state index contributed by atoms with van der Waals surface area (Å²) in [5, 5.41) is 4.37. The van der Waals surface area contributed by atoms with Crippen molar-refractivity contribution in [3.05, 3.63) is 18.0 Å². The molecular formula is C15H28N2O3Si. The highest BCUT2D eigenvalue weighted by atomic mass is 28.4. The fourth-order valence-electron chi connectivity index (χ4n) is 1.32. The van der Waals surface area contributed by atoms with Gasteiger partial charge in [-0.05, 0) is 45.0 Å². The molecule has 0 spiro atoms. The summed E-state index contributed by atoms with van der Waals surface area (Å²) < 4.78 is 12.6. The lowest BCUT2D eigenvalue weighted by Crippen LogP contribution is -2.40. The quantitative estimate of drug-likeness (QED) is 0.785. The van der Waals surface area contributed by atoms with E-state index in [1.807, 2.05) is 20.8 Å². The van der Waals surface area contributed by atoms with E-state index in [-0.39, 0.29) is 5.04 Å². The Bertz CT molecular complexity index is 496. The van der Waals surface area contributed by atoms with Gasteiger partial charge in [-0.3, -0.25) is 0 Å². The van der Waals surface area contributed by atoms with Gasteiger partial charge in [0.2, 0.25) is 0 Å². The second kappa shape index (κ2) is 5.92. The number of hydrogen-bond acceptors (Lipinski definition) is 4. The van der Waals surface area contributed by atoms with Crippen LogP contribution in [0, 0.1) is 0 Å². The molecule has 0 radical (unpaired) electrons. The lowest BCUT2D eigenvalue weighted by atomic mass is 10.2. The van der Waals surface area contributed by atoms with Gasteiger partial charge in [-0.25, -0.2) is 4.79 Å². The summed E-state index contributed by atoms with van der Waals surface area (Å²) in [6.07, 6.45) is 1.14. The van der Waals surface area contributed by atoms with Gasteiger partial charge in [0.05, 0.1) is 12.3 Å². The van der Waals surface area contributed by atoms with Crippen LogP contribution in [0.2, 0.25) is 18.1 Å². The van der Waals surface area contributed by atoms with Crippen molar-refractivity contribution in [2.45, 2.75) is 71.9 Å². The van der Waals surface area contributed by atoms with Crippen LogP contribution in [0.1, 0.15) is 47.2 Å². The van der Waals surface area contributed by atoms with Crippen LogP contribution >= 0.6 is 0 Å². The minimum atomic E-state index is -1.81. The van der Waals surface area contributed by atoms with Gasteiger partial charge in [-0.15, -0.1) is 0 Å². The van der Waals surface area contributed by atoms with Crippen molar-refractivity contribution in [2.75, 3.05) is 0 Å². The molecule has 6 heteroatoms. The minimum absolute atomic E-state index is 0.154. The monoisotopic (exact) mass is 312 g/mol. The number of carbonyl (C=O) groups excluding carboxylic acids is 1. The fourth-order valence-corrected chi connectivity index (χ4v) is 2.26. The van der Waals surface area contributed by atoms with Gasteiger partial charge in [0.25, 0.3) is 0 Å². The Morgan fingerprint density at radius 2 is 1.81 bits per heavy atom. The van der Waals surface area contributed by atoms with Crippen LogP contribution in [0.15, 0.2) is 12.3 Å². The molecule has 0 amide bonds. The summed E-state index contributed by atoms with van der Waals surface area (Å²) >= 11 is 0. The molecule has 0 unspecified atom stereocenters. The van der Waals surface area contributed by atoms with Gasteiger partial charge in [0, 0.05) is 6.20 Å². The Morgan fingerprint density at radius 3 is 2.29 bits per heavy atom. The van der Waals surface area contributed by atoms with Crippen molar-refractivity contribution >= 4 is 14.4 Å². The van der Waals surface area contributed by atoms with Crippen molar-refractivity contribution < 1.29 is 14.0 Å². The van der Waals surface area contributed by atoms with Crippen molar-refractivity contribution in [3.63, 3.8) is 0 Å². The molecule has 0 aliphatic carbocycles. The maximum Gasteiger partial charge on any atom is 0.435 e. The number of ether oxygens (including phenoxy) is 1. The van der Waals surface area contributed by atoms with Gasteiger partial charge < -0.3 is 9.16 Å². The Kier molecular flexibility index (Phi) is 5.05. The predicted molar refractivity (Wildman–Crippen MR) is 85.8 cm³/mol. The highest BCUT2D eigenvalue weighted by Gasteiger charge is 2.37. The predicted octanol–water partition coefficient (Wildman–Crippen LogP) is 4.19. The Hall–Kier alpha value is -1.14. The van der Waals surface area contributed by atoms with Crippen LogP contribution in [0.4, 0.5) is 4.79 Å². The third-order valence-corrected chi connectivity index (χ3v) is 8.09. The summed E-state index contributed by atoms with van der Waals surface area (Å²) in [6, 6.07) is 1.79. The maximum atomic E-state index is 11.9. The third kappa shape index (κ3) is 5.28. The van der Waals surface area contributed by atoms with Crippen LogP contribution < -0.4 is 0 Å². The van der Waals surface area contributed by atoms with Crippen LogP contribution in [-0.2, 0) is 15.8 Å². The van der Waals surface area contributed by atoms with Gasteiger partial charge >= 0.3 is 6.09 Å². The van der Waals surface area contributed by atoms with Crippen LogP contribution in [-0.4, -0.2) is 29.8 Å². The SMILES string of the molecule is CC(C)(C)OC(=O)n1ccc(CO[Si](C)(C)C(C)(C)C)n1. The van der Waals surface area contributed by atoms with E-state index >= 15 is 0 Å². The highest BCUT2D eigenvalue weighted by molar-refractivity contribution is 6.74. The number of hydrogen-bond donors (Lipinski definition) is 0. The zero-order valence-electron chi connectivity index (χ0n) is 14.5. The first-order chi connectivity index (χ1) is 9.32. The summed E-state index contributed by atoms with van der Waals surface area (Å²) in [6.45, 7) is 16.9. The van der Waals surface area contributed by atoms with Crippen LogP contribution in [0.3, 0.4) is 0 Å². The van der Waals surface area contributed by atoms with Crippen molar-refractivity contribution in [3.8, 4) is 0 Å². The first kappa shape index (κ1) is 17.9. The average molecular weight is 312 g/mol. The van der Waals surface area contributed by atoms with Gasteiger partial charge in [-0.2, -0.15) is 9.78 Å². The smallest absolute Gasteiger partial charge is 0.435 e. The molecule has 0 bridgehead atoms. The first-order valence-corrected chi connectivity index (χ1v) is 10.1. The third-order valence-electron chi connectivity index (χ3n) is 3.61. The van der Waals surface area contributed by atoms with E-state index < -0.39 is 20.0 Å².